The third kappa shape index (κ3) is 3.75. The summed E-state index contributed by atoms with van der Waals surface area (Å²) in [5, 5.41) is 3.66. The lowest BCUT2D eigenvalue weighted by molar-refractivity contribution is 0.0196. The molecule has 0 aliphatic carbocycles. The van der Waals surface area contributed by atoms with Crippen LogP contribution >= 0.6 is 0 Å². The minimum atomic E-state index is 0.313. The molecule has 118 valence electrons. The van der Waals surface area contributed by atoms with Crippen LogP contribution in [0.4, 0.5) is 0 Å². The smallest absolute Gasteiger partial charge is 0.0468 e. The molecular formula is C17H34N2O. The van der Waals surface area contributed by atoms with Gasteiger partial charge >= 0.3 is 0 Å². The van der Waals surface area contributed by atoms with E-state index in [4.69, 9.17) is 4.74 Å². The van der Waals surface area contributed by atoms with Crippen LogP contribution in [0.15, 0.2) is 0 Å². The van der Waals surface area contributed by atoms with Crippen molar-refractivity contribution in [1.82, 2.24) is 10.2 Å². The molecule has 3 heteroatoms. The molecule has 2 saturated heterocycles. The molecule has 2 aliphatic heterocycles. The Morgan fingerprint density at radius 2 is 1.85 bits per heavy atom. The number of nitrogens with zero attached hydrogens (tertiary/aromatic N) is 1. The maximum Gasteiger partial charge on any atom is 0.0468 e. The zero-order valence-corrected chi connectivity index (χ0v) is 13.8. The monoisotopic (exact) mass is 282 g/mol. The second kappa shape index (κ2) is 7.77. The van der Waals surface area contributed by atoms with Crippen molar-refractivity contribution in [2.75, 3.05) is 33.4 Å². The average molecular weight is 282 g/mol. The Hall–Kier alpha value is -0.120. The van der Waals surface area contributed by atoms with E-state index in [1.165, 1.54) is 58.0 Å². The van der Waals surface area contributed by atoms with Crippen molar-refractivity contribution in [1.29, 1.82) is 0 Å². The van der Waals surface area contributed by atoms with Crippen molar-refractivity contribution in [2.45, 2.75) is 70.4 Å². The highest BCUT2D eigenvalue weighted by molar-refractivity contribution is 4.97. The summed E-state index contributed by atoms with van der Waals surface area (Å²) in [7, 11) is 2.15. The molecule has 2 heterocycles. The average Bonchev–Trinajstić information content (AvgIpc) is 2.53. The van der Waals surface area contributed by atoms with Crippen LogP contribution in [0, 0.1) is 5.92 Å². The van der Waals surface area contributed by atoms with Gasteiger partial charge in [-0.15, -0.1) is 0 Å². The first-order valence-corrected chi connectivity index (χ1v) is 8.70. The van der Waals surface area contributed by atoms with E-state index in [-0.39, 0.29) is 0 Å². The Morgan fingerprint density at radius 3 is 2.40 bits per heavy atom. The van der Waals surface area contributed by atoms with Gasteiger partial charge in [-0.2, -0.15) is 0 Å². The maximum atomic E-state index is 5.51. The van der Waals surface area contributed by atoms with E-state index in [2.05, 4.69) is 31.1 Å². The molecule has 1 N–H and O–H groups in total. The Balaban J connectivity index is 2.00. The third-order valence-corrected chi connectivity index (χ3v) is 5.80. The van der Waals surface area contributed by atoms with Crippen LogP contribution in [0.1, 0.15) is 58.8 Å². The van der Waals surface area contributed by atoms with Gasteiger partial charge in [0, 0.05) is 24.8 Å². The zero-order valence-electron chi connectivity index (χ0n) is 13.8. The minimum Gasteiger partial charge on any atom is -0.381 e. The highest BCUT2D eigenvalue weighted by Crippen LogP contribution is 2.32. The van der Waals surface area contributed by atoms with E-state index in [1.807, 2.05) is 0 Å². The van der Waals surface area contributed by atoms with E-state index in [0.717, 1.165) is 19.1 Å². The molecule has 0 radical (unpaired) electrons. The van der Waals surface area contributed by atoms with Gasteiger partial charge < -0.3 is 10.1 Å². The van der Waals surface area contributed by atoms with Crippen LogP contribution in [-0.4, -0.2) is 49.8 Å². The van der Waals surface area contributed by atoms with Gasteiger partial charge in [-0.3, -0.25) is 4.90 Å². The van der Waals surface area contributed by atoms with Crippen molar-refractivity contribution in [3.05, 3.63) is 0 Å². The Bertz CT molecular complexity index is 272. The van der Waals surface area contributed by atoms with Crippen LogP contribution < -0.4 is 5.32 Å². The molecule has 2 rings (SSSR count). The van der Waals surface area contributed by atoms with Gasteiger partial charge in [-0.1, -0.05) is 13.3 Å². The molecule has 2 fully saturated rings. The van der Waals surface area contributed by atoms with E-state index in [1.54, 1.807) is 0 Å². The SMILES string of the molecule is CCC(C)(C(CC1CCOCC1)NC)N1CCCCC1. The first-order valence-electron chi connectivity index (χ1n) is 8.70. The van der Waals surface area contributed by atoms with Crippen molar-refractivity contribution in [3.63, 3.8) is 0 Å². The van der Waals surface area contributed by atoms with Crippen LogP contribution in [0.3, 0.4) is 0 Å². The lowest BCUT2D eigenvalue weighted by Crippen LogP contribution is -2.60. The molecule has 0 bridgehead atoms. The molecule has 0 aromatic carbocycles. The molecular weight excluding hydrogens is 248 g/mol. The fourth-order valence-electron chi connectivity index (χ4n) is 4.09. The molecule has 2 atom stereocenters. The molecule has 0 aromatic heterocycles. The lowest BCUT2D eigenvalue weighted by atomic mass is 9.79. The van der Waals surface area contributed by atoms with Crippen molar-refractivity contribution >= 4 is 0 Å². The summed E-state index contributed by atoms with van der Waals surface area (Å²) in [4.78, 5) is 2.76. The predicted molar refractivity (Wildman–Crippen MR) is 85.1 cm³/mol. The summed E-state index contributed by atoms with van der Waals surface area (Å²) in [6.45, 7) is 9.36. The summed E-state index contributed by atoms with van der Waals surface area (Å²) in [5.41, 5.74) is 0.313. The molecule has 0 saturated carbocycles. The van der Waals surface area contributed by atoms with E-state index < -0.39 is 0 Å². The summed E-state index contributed by atoms with van der Waals surface area (Å²) in [5.74, 6) is 0.844. The molecule has 2 aliphatic rings. The first kappa shape index (κ1) is 16.3. The molecule has 3 nitrogen and oxygen atoms in total. The Kier molecular flexibility index (Phi) is 6.31. The predicted octanol–water partition coefficient (Wildman–Crippen LogP) is 3.05. The van der Waals surface area contributed by atoms with Crippen molar-refractivity contribution < 1.29 is 4.74 Å². The zero-order chi connectivity index (χ0) is 14.4. The fraction of sp³-hybridized carbons (Fsp3) is 1.00. The number of likely N-dealkylation sites (tertiary alicyclic amines) is 1. The first-order chi connectivity index (χ1) is 9.70. The van der Waals surface area contributed by atoms with Crippen LogP contribution in [-0.2, 0) is 4.74 Å². The van der Waals surface area contributed by atoms with Crippen LogP contribution in [0.25, 0.3) is 0 Å². The largest absolute Gasteiger partial charge is 0.381 e. The van der Waals surface area contributed by atoms with Gasteiger partial charge in [0.25, 0.3) is 0 Å². The lowest BCUT2D eigenvalue weighted by Gasteiger charge is -2.49. The summed E-state index contributed by atoms with van der Waals surface area (Å²) >= 11 is 0. The summed E-state index contributed by atoms with van der Waals surface area (Å²) in [6, 6.07) is 0.605. The quantitative estimate of drug-likeness (QED) is 0.810. The number of likely N-dealkylation sites (N-methyl/N-ethyl adjacent to an activating group) is 1. The number of rotatable bonds is 6. The van der Waals surface area contributed by atoms with Crippen molar-refractivity contribution in [2.24, 2.45) is 5.92 Å². The molecule has 20 heavy (non-hydrogen) atoms. The minimum absolute atomic E-state index is 0.313. The van der Waals surface area contributed by atoms with Gasteiger partial charge in [0.05, 0.1) is 0 Å². The molecule has 0 aromatic rings. The fourth-order valence-corrected chi connectivity index (χ4v) is 4.09. The normalized spacial score (nSPS) is 27.1. The highest BCUT2D eigenvalue weighted by atomic mass is 16.5. The summed E-state index contributed by atoms with van der Waals surface area (Å²) < 4.78 is 5.51. The Morgan fingerprint density at radius 1 is 1.20 bits per heavy atom. The highest BCUT2D eigenvalue weighted by Gasteiger charge is 2.38. The number of ether oxygens (including phenoxy) is 1. The van der Waals surface area contributed by atoms with Crippen LogP contribution in [0.5, 0.6) is 0 Å². The second-order valence-corrected chi connectivity index (χ2v) is 6.89. The van der Waals surface area contributed by atoms with E-state index >= 15 is 0 Å². The number of hydrogen-bond acceptors (Lipinski definition) is 3. The molecule has 0 amide bonds. The summed E-state index contributed by atoms with van der Waals surface area (Å²) in [6.07, 6.45) is 9.21. The Labute approximate surface area is 125 Å². The van der Waals surface area contributed by atoms with E-state index in [9.17, 15) is 0 Å². The van der Waals surface area contributed by atoms with Gasteiger partial charge in [0.1, 0.15) is 0 Å². The number of nitrogens with one attached hydrogen (secondary N) is 1. The third-order valence-electron chi connectivity index (χ3n) is 5.80. The molecule has 2 unspecified atom stereocenters. The van der Waals surface area contributed by atoms with Gasteiger partial charge in [0.15, 0.2) is 0 Å². The standard InChI is InChI=1S/C17H34N2O/c1-4-17(2,19-10-6-5-7-11-19)16(18-3)14-15-8-12-20-13-9-15/h15-16,18H,4-14H2,1-3H3. The number of hydrogen-bond donors (Lipinski definition) is 1. The van der Waals surface area contributed by atoms with Crippen molar-refractivity contribution in [3.8, 4) is 0 Å². The van der Waals surface area contributed by atoms with Crippen LogP contribution in [0.2, 0.25) is 0 Å². The van der Waals surface area contributed by atoms with Gasteiger partial charge in [-0.05, 0) is 71.5 Å². The van der Waals surface area contributed by atoms with Gasteiger partial charge in [-0.25, -0.2) is 0 Å². The second-order valence-electron chi connectivity index (χ2n) is 6.89. The maximum absolute atomic E-state index is 5.51. The number of piperidine rings is 1. The molecule has 0 spiro atoms. The topological polar surface area (TPSA) is 24.5 Å². The van der Waals surface area contributed by atoms with E-state index in [0.29, 0.717) is 11.6 Å². The van der Waals surface area contributed by atoms with Gasteiger partial charge in [0.2, 0.25) is 0 Å².